The van der Waals surface area contributed by atoms with Crippen LogP contribution in [0.2, 0.25) is 0 Å². The highest BCUT2D eigenvalue weighted by Gasteiger charge is 2.25. The first-order chi connectivity index (χ1) is 15.5. The molecule has 0 spiro atoms. The molecule has 0 aliphatic carbocycles. The van der Waals surface area contributed by atoms with Gasteiger partial charge in [0.25, 0.3) is 6.43 Å². The van der Waals surface area contributed by atoms with Crippen LogP contribution in [0.25, 0.3) is 5.70 Å². The van der Waals surface area contributed by atoms with E-state index in [9.17, 15) is 17.6 Å². The highest BCUT2D eigenvalue weighted by atomic mass is 19.3. The summed E-state index contributed by atoms with van der Waals surface area (Å²) in [6, 6.07) is 3.49. The predicted octanol–water partition coefficient (Wildman–Crippen LogP) is 7.87. The second-order valence-corrected chi connectivity index (χ2v) is 8.66. The van der Waals surface area contributed by atoms with Gasteiger partial charge < -0.3 is 15.0 Å². The number of halogens is 4. The van der Waals surface area contributed by atoms with Crippen molar-refractivity contribution in [1.29, 1.82) is 0 Å². The van der Waals surface area contributed by atoms with Crippen LogP contribution < -0.4 is 5.73 Å². The molecule has 2 N–H and O–H groups in total. The fourth-order valence-corrected chi connectivity index (χ4v) is 4.03. The Labute approximate surface area is 194 Å². The molecular weight excluding hydrogens is 432 g/mol. The standard InChI is InChI=1S/C26H36F4N2O/c1-7-15(4)24(31)20-10-11-32(25(20)16(5)8-2)22(9-3)33-17(6)12-18-13-19(27)14-21(23(18)28)26(29)30/h10-11,13-14,16-17,22,26H,7-9,12,31H2,1-6H3/b24-15-. The number of benzene rings is 1. The molecule has 0 radical (unpaired) electrons. The summed E-state index contributed by atoms with van der Waals surface area (Å²) >= 11 is 0. The number of rotatable bonds is 11. The minimum Gasteiger partial charge on any atom is -0.398 e. The maximum atomic E-state index is 14.5. The van der Waals surface area contributed by atoms with Crippen LogP contribution in [0.1, 0.15) is 102 Å². The Hall–Kier alpha value is -2.28. The monoisotopic (exact) mass is 468 g/mol. The molecule has 0 bridgehead atoms. The van der Waals surface area contributed by atoms with Gasteiger partial charge in [0.05, 0.1) is 11.7 Å². The van der Waals surface area contributed by atoms with E-state index in [4.69, 9.17) is 10.5 Å². The second kappa shape index (κ2) is 11.7. The molecule has 0 aliphatic rings. The number of hydrogen-bond donors (Lipinski definition) is 1. The Bertz CT molecular complexity index is 967. The van der Waals surface area contributed by atoms with E-state index in [1.54, 1.807) is 6.92 Å². The van der Waals surface area contributed by atoms with Crippen LogP contribution in [-0.2, 0) is 11.2 Å². The maximum absolute atomic E-state index is 14.5. The van der Waals surface area contributed by atoms with Crippen LogP contribution in [0.4, 0.5) is 17.6 Å². The first-order valence-electron chi connectivity index (χ1n) is 11.6. The predicted molar refractivity (Wildman–Crippen MR) is 125 cm³/mol. The smallest absolute Gasteiger partial charge is 0.266 e. The molecule has 3 nitrogen and oxygen atoms in total. The Morgan fingerprint density at radius 1 is 1.09 bits per heavy atom. The molecule has 0 saturated carbocycles. The van der Waals surface area contributed by atoms with E-state index in [1.807, 2.05) is 26.1 Å². The Morgan fingerprint density at radius 3 is 2.30 bits per heavy atom. The van der Waals surface area contributed by atoms with Crippen LogP contribution in [0, 0.1) is 11.6 Å². The molecule has 184 valence electrons. The normalized spacial score (nSPS) is 15.5. The molecular formula is C26H36F4N2O. The van der Waals surface area contributed by atoms with E-state index in [2.05, 4.69) is 25.3 Å². The SMILES string of the molecule is CC/C(C)=C(\N)c1ccn(C(CC)OC(C)Cc2cc(F)cc(C(F)F)c2F)c1C(C)CC. The van der Waals surface area contributed by atoms with Crippen molar-refractivity contribution in [2.75, 3.05) is 0 Å². The summed E-state index contributed by atoms with van der Waals surface area (Å²) in [7, 11) is 0. The topological polar surface area (TPSA) is 40.2 Å². The van der Waals surface area contributed by atoms with E-state index in [0.717, 1.165) is 41.4 Å². The van der Waals surface area contributed by atoms with E-state index in [-0.39, 0.29) is 24.1 Å². The van der Waals surface area contributed by atoms with Gasteiger partial charge in [-0.15, -0.1) is 0 Å². The van der Waals surface area contributed by atoms with Crippen LogP contribution in [0.5, 0.6) is 0 Å². The Morgan fingerprint density at radius 2 is 1.76 bits per heavy atom. The fraction of sp³-hybridized carbons (Fsp3) is 0.538. The van der Waals surface area contributed by atoms with Crippen molar-refractivity contribution < 1.29 is 22.3 Å². The third kappa shape index (κ3) is 6.19. The molecule has 0 aliphatic heterocycles. The van der Waals surface area contributed by atoms with Crippen LogP contribution in [0.3, 0.4) is 0 Å². The quantitative estimate of drug-likeness (QED) is 0.341. The zero-order valence-corrected chi connectivity index (χ0v) is 20.4. The third-order valence-corrected chi connectivity index (χ3v) is 6.25. The molecule has 3 atom stereocenters. The first-order valence-corrected chi connectivity index (χ1v) is 11.6. The number of nitrogens with two attached hydrogens (primary N) is 1. The average Bonchev–Trinajstić information content (AvgIpc) is 3.22. The maximum Gasteiger partial charge on any atom is 0.266 e. The minimum atomic E-state index is -3.08. The number of hydrogen-bond acceptors (Lipinski definition) is 2. The van der Waals surface area contributed by atoms with Gasteiger partial charge >= 0.3 is 0 Å². The molecule has 3 unspecified atom stereocenters. The molecule has 1 aromatic heterocycles. The molecule has 2 aromatic rings. The summed E-state index contributed by atoms with van der Waals surface area (Å²) in [4.78, 5) is 0. The molecule has 0 saturated heterocycles. The van der Waals surface area contributed by atoms with Gasteiger partial charge in [0.2, 0.25) is 0 Å². The third-order valence-electron chi connectivity index (χ3n) is 6.25. The molecule has 7 heteroatoms. The van der Waals surface area contributed by atoms with Crippen molar-refractivity contribution in [3.63, 3.8) is 0 Å². The highest BCUT2D eigenvalue weighted by Crippen LogP contribution is 2.33. The van der Waals surface area contributed by atoms with Gasteiger partial charge in [0.15, 0.2) is 0 Å². The summed E-state index contributed by atoms with van der Waals surface area (Å²) in [6.07, 6.45) is 0.339. The van der Waals surface area contributed by atoms with Gasteiger partial charge in [-0.2, -0.15) is 0 Å². The van der Waals surface area contributed by atoms with Gasteiger partial charge in [-0.3, -0.25) is 0 Å². The highest BCUT2D eigenvalue weighted by molar-refractivity contribution is 5.68. The fourth-order valence-electron chi connectivity index (χ4n) is 4.03. The largest absolute Gasteiger partial charge is 0.398 e. The van der Waals surface area contributed by atoms with Crippen molar-refractivity contribution >= 4 is 5.70 Å². The van der Waals surface area contributed by atoms with Gasteiger partial charge in [0.1, 0.15) is 17.9 Å². The summed E-state index contributed by atoms with van der Waals surface area (Å²) in [6.45, 7) is 12.0. The number of ether oxygens (including phenoxy) is 1. The lowest BCUT2D eigenvalue weighted by atomic mass is 9.97. The number of aromatic nitrogens is 1. The van der Waals surface area contributed by atoms with Crippen molar-refractivity contribution in [1.82, 2.24) is 4.57 Å². The molecule has 0 amide bonds. The number of allylic oxidation sites excluding steroid dienone is 1. The molecule has 33 heavy (non-hydrogen) atoms. The van der Waals surface area contributed by atoms with E-state index in [0.29, 0.717) is 12.5 Å². The molecule has 1 heterocycles. The zero-order chi connectivity index (χ0) is 24.9. The summed E-state index contributed by atoms with van der Waals surface area (Å²) in [5.74, 6) is -1.74. The van der Waals surface area contributed by atoms with Crippen molar-refractivity contribution in [3.8, 4) is 0 Å². The molecule has 0 fully saturated rings. The molecule has 2 rings (SSSR count). The lowest BCUT2D eigenvalue weighted by Gasteiger charge is -2.27. The Kier molecular flexibility index (Phi) is 9.58. The first kappa shape index (κ1) is 27.0. The van der Waals surface area contributed by atoms with Gasteiger partial charge in [-0.1, -0.05) is 27.7 Å². The van der Waals surface area contributed by atoms with E-state index < -0.39 is 29.7 Å². The number of nitrogens with zero attached hydrogens (tertiary/aromatic N) is 1. The summed E-state index contributed by atoms with van der Waals surface area (Å²) < 4.78 is 62.7. The van der Waals surface area contributed by atoms with Crippen LogP contribution in [-0.4, -0.2) is 10.7 Å². The van der Waals surface area contributed by atoms with Gasteiger partial charge in [-0.05, 0) is 68.4 Å². The Balaban J connectivity index is 2.36. The summed E-state index contributed by atoms with van der Waals surface area (Å²) in [5.41, 5.74) is 9.33. The zero-order valence-electron chi connectivity index (χ0n) is 20.4. The van der Waals surface area contributed by atoms with E-state index in [1.165, 1.54) is 0 Å². The number of alkyl halides is 2. The lowest BCUT2D eigenvalue weighted by Crippen LogP contribution is -2.23. The van der Waals surface area contributed by atoms with Crippen molar-refractivity contribution in [2.24, 2.45) is 5.73 Å². The summed E-state index contributed by atoms with van der Waals surface area (Å²) in [5, 5.41) is 0. The van der Waals surface area contributed by atoms with E-state index >= 15 is 0 Å². The second-order valence-electron chi connectivity index (χ2n) is 8.66. The van der Waals surface area contributed by atoms with Crippen molar-refractivity contribution in [2.45, 2.75) is 91.9 Å². The minimum absolute atomic E-state index is 0.0242. The lowest BCUT2D eigenvalue weighted by molar-refractivity contribution is -0.0488. The average molecular weight is 469 g/mol. The molecule has 1 aromatic carbocycles. The van der Waals surface area contributed by atoms with Crippen LogP contribution in [0.15, 0.2) is 30.0 Å². The van der Waals surface area contributed by atoms with Crippen molar-refractivity contribution in [3.05, 3.63) is 64.0 Å². The van der Waals surface area contributed by atoms with Gasteiger partial charge in [-0.25, -0.2) is 17.6 Å². The van der Waals surface area contributed by atoms with Gasteiger partial charge in [0, 0.05) is 29.6 Å². The van der Waals surface area contributed by atoms with Crippen LogP contribution >= 0.6 is 0 Å².